The van der Waals surface area contributed by atoms with E-state index in [-0.39, 0.29) is 0 Å². The largest absolute Gasteiger partial charge is 0.329 e. The predicted molar refractivity (Wildman–Crippen MR) is 68.5 cm³/mol. The average Bonchev–Trinajstić information content (AvgIpc) is 2.59. The van der Waals surface area contributed by atoms with Crippen LogP contribution >= 0.6 is 0 Å². The second-order valence-corrected chi connectivity index (χ2v) is 6.10. The first-order valence-electron chi connectivity index (χ1n) is 6.69. The van der Waals surface area contributed by atoms with Gasteiger partial charge in [-0.2, -0.15) is 0 Å². The zero-order chi connectivity index (χ0) is 11.8. The molecule has 0 bridgehead atoms. The molecule has 94 valence electrons. The Morgan fingerprint density at radius 3 is 2.56 bits per heavy atom. The molecule has 2 aliphatic rings. The van der Waals surface area contributed by atoms with Crippen LogP contribution < -0.4 is 5.73 Å². The summed E-state index contributed by atoms with van der Waals surface area (Å²) in [4.78, 5) is 5.04. The van der Waals surface area contributed by atoms with Gasteiger partial charge in [0.2, 0.25) is 0 Å². The fourth-order valence-corrected chi connectivity index (χ4v) is 3.59. The molecule has 3 heteroatoms. The molecule has 2 rings (SSSR count). The molecule has 0 aromatic heterocycles. The minimum absolute atomic E-state index is 0.322. The van der Waals surface area contributed by atoms with Crippen molar-refractivity contribution >= 4 is 0 Å². The lowest BCUT2D eigenvalue weighted by Crippen LogP contribution is -2.61. The summed E-state index contributed by atoms with van der Waals surface area (Å²) in [5.74, 6) is 0.868. The highest BCUT2D eigenvalue weighted by Crippen LogP contribution is 2.41. The Balaban J connectivity index is 1.89. The number of hydrogen-bond donors (Lipinski definition) is 1. The van der Waals surface area contributed by atoms with E-state index in [4.69, 9.17) is 5.73 Å². The van der Waals surface area contributed by atoms with Gasteiger partial charge in [-0.15, -0.1) is 0 Å². The van der Waals surface area contributed by atoms with Crippen LogP contribution in [0.3, 0.4) is 0 Å². The van der Waals surface area contributed by atoms with Crippen LogP contribution in [0.25, 0.3) is 0 Å². The van der Waals surface area contributed by atoms with Gasteiger partial charge in [0.15, 0.2) is 0 Å². The van der Waals surface area contributed by atoms with Gasteiger partial charge in [0, 0.05) is 24.7 Å². The van der Waals surface area contributed by atoms with Gasteiger partial charge in [0.25, 0.3) is 0 Å². The molecule has 0 aromatic rings. The molecule has 0 radical (unpaired) electrons. The van der Waals surface area contributed by atoms with Gasteiger partial charge < -0.3 is 10.6 Å². The average molecular weight is 225 g/mol. The Morgan fingerprint density at radius 1 is 1.44 bits per heavy atom. The van der Waals surface area contributed by atoms with Crippen LogP contribution in [0.4, 0.5) is 0 Å². The Morgan fingerprint density at radius 2 is 2.12 bits per heavy atom. The number of likely N-dealkylation sites (tertiary alicyclic amines) is 1. The molecule has 2 fully saturated rings. The summed E-state index contributed by atoms with van der Waals surface area (Å²) >= 11 is 0. The lowest BCUT2D eigenvalue weighted by Gasteiger charge is -2.52. The molecule has 2 N–H and O–H groups in total. The van der Waals surface area contributed by atoms with Gasteiger partial charge in [-0.3, -0.25) is 4.90 Å². The van der Waals surface area contributed by atoms with Gasteiger partial charge in [-0.25, -0.2) is 0 Å². The molecule has 16 heavy (non-hydrogen) atoms. The van der Waals surface area contributed by atoms with Crippen molar-refractivity contribution in [1.29, 1.82) is 0 Å². The van der Waals surface area contributed by atoms with Crippen molar-refractivity contribution in [3.05, 3.63) is 0 Å². The minimum Gasteiger partial charge on any atom is -0.329 e. The molecular formula is C13H27N3. The van der Waals surface area contributed by atoms with Crippen LogP contribution in [0, 0.1) is 5.92 Å². The molecule has 0 spiro atoms. The maximum atomic E-state index is 5.99. The lowest BCUT2D eigenvalue weighted by atomic mass is 9.68. The zero-order valence-corrected chi connectivity index (χ0v) is 11.1. The van der Waals surface area contributed by atoms with Crippen LogP contribution in [0.1, 0.15) is 32.6 Å². The lowest BCUT2D eigenvalue weighted by molar-refractivity contribution is -0.00553. The monoisotopic (exact) mass is 225 g/mol. The van der Waals surface area contributed by atoms with Crippen molar-refractivity contribution in [2.24, 2.45) is 11.7 Å². The molecule has 1 saturated carbocycles. The second kappa shape index (κ2) is 4.63. The van der Waals surface area contributed by atoms with E-state index in [0.29, 0.717) is 5.54 Å². The van der Waals surface area contributed by atoms with E-state index in [1.54, 1.807) is 0 Å². The predicted octanol–water partition coefficient (Wildman–Crippen LogP) is 1.14. The summed E-state index contributed by atoms with van der Waals surface area (Å²) in [5, 5.41) is 0. The molecule has 3 nitrogen and oxygen atoms in total. The van der Waals surface area contributed by atoms with Crippen LogP contribution in [0.2, 0.25) is 0 Å². The molecule has 1 atom stereocenters. The normalized spacial score (nSPS) is 40.3. The maximum Gasteiger partial charge on any atom is 0.0334 e. The van der Waals surface area contributed by atoms with Crippen molar-refractivity contribution in [2.45, 2.75) is 44.2 Å². The Labute approximate surface area is 100.0 Å². The molecule has 1 heterocycles. The second-order valence-electron chi connectivity index (χ2n) is 6.10. The van der Waals surface area contributed by atoms with E-state index in [1.807, 2.05) is 0 Å². The molecule has 1 saturated heterocycles. The van der Waals surface area contributed by atoms with Gasteiger partial charge >= 0.3 is 0 Å². The van der Waals surface area contributed by atoms with Crippen LogP contribution in [-0.2, 0) is 0 Å². The van der Waals surface area contributed by atoms with Crippen molar-refractivity contribution < 1.29 is 0 Å². The van der Waals surface area contributed by atoms with Crippen molar-refractivity contribution in [2.75, 3.05) is 33.7 Å². The van der Waals surface area contributed by atoms with Crippen LogP contribution in [-0.4, -0.2) is 55.1 Å². The highest BCUT2D eigenvalue weighted by atomic mass is 15.3. The minimum atomic E-state index is 0.322. The number of nitrogens with two attached hydrogens (primary N) is 1. The molecular weight excluding hydrogens is 198 g/mol. The smallest absolute Gasteiger partial charge is 0.0334 e. The van der Waals surface area contributed by atoms with Crippen molar-refractivity contribution in [1.82, 2.24) is 9.80 Å². The van der Waals surface area contributed by atoms with E-state index < -0.39 is 0 Å². The standard InChI is InChI=1S/C13H27N3/c1-11-7-13(8-11,10-14)16(3)9-12-5-4-6-15(12)2/h11-12H,4-10,14H2,1-3H3. The van der Waals surface area contributed by atoms with E-state index in [1.165, 1.54) is 38.8 Å². The summed E-state index contributed by atoms with van der Waals surface area (Å²) in [5.41, 5.74) is 6.31. The van der Waals surface area contributed by atoms with Crippen LogP contribution in [0.15, 0.2) is 0 Å². The Hall–Kier alpha value is -0.120. The first kappa shape index (κ1) is 12.3. The molecule has 1 aliphatic heterocycles. The highest BCUT2D eigenvalue weighted by Gasteiger charge is 2.44. The quantitative estimate of drug-likeness (QED) is 0.779. The van der Waals surface area contributed by atoms with E-state index in [2.05, 4.69) is 30.8 Å². The third-order valence-corrected chi connectivity index (χ3v) is 4.80. The number of rotatable bonds is 4. The highest BCUT2D eigenvalue weighted by molar-refractivity contribution is 5.02. The van der Waals surface area contributed by atoms with Gasteiger partial charge in [0.05, 0.1) is 0 Å². The topological polar surface area (TPSA) is 32.5 Å². The molecule has 0 amide bonds. The van der Waals surface area contributed by atoms with Crippen LogP contribution in [0.5, 0.6) is 0 Å². The third-order valence-electron chi connectivity index (χ3n) is 4.80. The molecule has 1 unspecified atom stereocenters. The maximum absolute atomic E-state index is 5.99. The van der Waals surface area contributed by atoms with E-state index in [9.17, 15) is 0 Å². The molecule has 1 aliphatic carbocycles. The summed E-state index contributed by atoms with van der Waals surface area (Å²) in [7, 11) is 4.52. The first-order chi connectivity index (χ1) is 7.57. The Bertz CT molecular complexity index is 235. The fourth-order valence-electron chi connectivity index (χ4n) is 3.59. The number of likely N-dealkylation sites (N-methyl/N-ethyl adjacent to an activating group) is 2. The van der Waals surface area contributed by atoms with Crippen molar-refractivity contribution in [3.63, 3.8) is 0 Å². The van der Waals surface area contributed by atoms with Gasteiger partial charge in [-0.05, 0) is 52.2 Å². The van der Waals surface area contributed by atoms with Gasteiger partial charge in [0.1, 0.15) is 0 Å². The van der Waals surface area contributed by atoms with E-state index >= 15 is 0 Å². The summed E-state index contributed by atoms with van der Waals surface area (Å²) < 4.78 is 0. The summed E-state index contributed by atoms with van der Waals surface area (Å²) in [6, 6.07) is 0.754. The Kier molecular flexibility index (Phi) is 3.57. The van der Waals surface area contributed by atoms with E-state index in [0.717, 1.165) is 18.5 Å². The first-order valence-corrected chi connectivity index (χ1v) is 6.69. The third kappa shape index (κ3) is 2.13. The van der Waals surface area contributed by atoms with Crippen molar-refractivity contribution in [3.8, 4) is 0 Å². The summed E-state index contributed by atoms with van der Waals surface area (Å²) in [6.45, 7) is 5.62. The number of hydrogen-bond acceptors (Lipinski definition) is 3. The fraction of sp³-hybridized carbons (Fsp3) is 1.00. The number of nitrogens with zero attached hydrogens (tertiary/aromatic N) is 2. The SMILES string of the molecule is CC1CC(CN)(N(C)CC2CCCN2C)C1. The zero-order valence-electron chi connectivity index (χ0n) is 11.1. The molecule has 0 aromatic carbocycles. The van der Waals surface area contributed by atoms with Gasteiger partial charge in [-0.1, -0.05) is 6.92 Å². The summed E-state index contributed by atoms with van der Waals surface area (Å²) in [6.07, 6.45) is 5.30.